The van der Waals surface area contributed by atoms with Crippen LogP contribution >= 0.6 is 0 Å². The molecule has 186 valence electrons. The second-order valence-corrected chi connectivity index (χ2v) is 14.4. The second kappa shape index (κ2) is 9.93. The average molecular weight is 498 g/mol. The molecule has 0 bridgehead atoms. The summed E-state index contributed by atoms with van der Waals surface area (Å²) in [5.41, 5.74) is 4.22. The molecule has 0 aliphatic carbocycles. The monoisotopic (exact) mass is 497 g/mol. The predicted molar refractivity (Wildman–Crippen MR) is 132 cm³/mol. The highest BCUT2D eigenvalue weighted by atomic mass is 32.2. The Hall–Kier alpha value is -1.00. The first-order chi connectivity index (χ1) is 15.5. The summed E-state index contributed by atoms with van der Waals surface area (Å²) in [6.07, 6.45) is 6.38. The molecule has 1 N–H and O–H groups in total. The van der Waals surface area contributed by atoms with E-state index in [0.29, 0.717) is 24.8 Å². The van der Waals surface area contributed by atoms with Gasteiger partial charge in [-0.3, -0.25) is 4.90 Å². The molecule has 3 heterocycles. The van der Waals surface area contributed by atoms with Gasteiger partial charge in [-0.05, 0) is 67.1 Å². The van der Waals surface area contributed by atoms with Gasteiger partial charge in [0, 0.05) is 38.3 Å². The molecule has 4 rings (SSSR count). The summed E-state index contributed by atoms with van der Waals surface area (Å²) in [6, 6.07) is 7.25. The maximum atomic E-state index is 13.3. The topological polar surface area (TPSA) is 86.8 Å². The van der Waals surface area contributed by atoms with Crippen LogP contribution in [0.25, 0.3) is 0 Å². The Balaban J connectivity index is 1.49. The lowest BCUT2D eigenvalue weighted by molar-refractivity contribution is 0.0220. The quantitative estimate of drug-likeness (QED) is 0.558. The number of rotatable bonds is 8. The molecule has 0 saturated carbocycles. The first-order valence-electron chi connectivity index (χ1n) is 12.3. The van der Waals surface area contributed by atoms with Crippen LogP contribution in [0.3, 0.4) is 0 Å². The molecule has 0 aromatic heterocycles. The van der Waals surface area contributed by atoms with Crippen LogP contribution in [0.4, 0.5) is 0 Å². The SMILES string of the molecule is CC(C)Cc1ccc2c(c1)CCN1C[C@H]3CCCN(S(=O)(=O)CCCNS(C)(=O)=O)[C@H]3C[C@@H]21. The summed E-state index contributed by atoms with van der Waals surface area (Å²) in [4.78, 5) is 2.58. The van der Waals surface area contributed by atoms with Gasteiger partial charge in [0.15, 0.2) is 0 Å². The van der Waals surface area contributed by atoms with Crippen molar-refractivity contribution >= 4 is 20.0 Å². The third-order valence-electron chi connectivity index (χ3n) is 7.42. The van der Waals surface area contributed by atoms with E-state index in [1.807, 2.05) is 0 Å². The molecule has 0 radical (unpaired) electrons. The van der Waals surface area contributed by atoms with E-state index < -0.39 is 20.0 Å². The molecular formula is C24H39N3O4S2. The lowest BCUT2D eigenvalue weighted by Crippen LogP contribution is -2.57. The van der Waals surface area contributed by atoms with E-state index in [9.17, 15) is 16.8 Å². The van der Waals surface area contributed by atoms with Crippen LogP contribution in [0.5, 0.6) is 0 Å². The molecule has 0 spiro atoms. The van der Waals surface area contributed by atoms with Gasteiger partial charge in [-0.15, -0.1) is 0 Å². The Morgan fingerprint density at radius 2 is 1.94 bits per heavy atom. The van der Waals surface area contributed by atoms with Crippen LogP contribution in [0.1, 0.15) is 62.3 Å². The summed E-state index contributed by atoms with van der Waals surface area (Å²) in [7, 11) is -6.73. The smallest absolute Gasteiger partial charge is 0.214 e. The Bertz CT molecular complexity index is 1060. The van der Waals surface area contributed by atoms with Gasteiger partial charge in [0.2, 0.25) is 20.0 Å². The number of sulfonamides is 2. The Morgan fingerprint density at radius 1 is 1.15 bits per heavy atom. The highest BCUT2D eigenvalue weighted by molar-refractivity contribution is 7.89. The molecule has 33 heavy (non-hydrogen) atoms. The molecule has 9 heteroatoms. The number of nitrogens with one attached hydrogen (secondary N) is 1. The highest BCUT2D eigenvalue weighted by Gasteiger charge is 2.45. The predicted octanol–water partition coefficient (Wildman–Crippen LogP) is 2.54. The van der Waals surface area contributed by atoms with E-state index >= 15 is 0 Å². The van der Waals surface area contributed by atoms with Crippen molar-refractivity contribution in [3.8, 4) is 0 Å². The summed E-state index contributed by atoms with van der Waals surface area (Å²) >= 11 is 0. The Labute approximate surface area is 200 Å². The second-order valence-electron chi connectivity index (χ2n) is 10.5. The van der Waals surface area contributed by atoms with E-state index in [0.717, 1.165) is 51.4 Å². The number of benzene rings is 1. The lowest BCUT2D eigenvalue weighted by atomic mass is 9.77. The van der Waals surface area contributed by atoms with Crippen molar-refractivity contribution in [2.45, 2.75) is 64.5 Å². The van der Waals surface area contributed by atoms with E-state index in [2.05, 4.69) is 41.7 Å². The molecule has 1 aromatic rings. The van der Waals surface area contributed by atoms with Crippen molar-refractivity contribution in [1.82, 2.24) is 13.9 Å². The lowest BCUT2D eigenvalue weighted by Gasteiger charge is -2.51. The van der Waals surface area contributed by atoms with Crippen molar-refractivity contribution in [3.63, 3.8) is 0 Å². The summed E-state index contributed by atoms with van der Waals surface area (Å²) in [5.74, 6) is 0.996. The van der Waals surface area contributed by atoms with Gasteiger partial charge in [-0.2, -0.15) is 4.31 Å². The molecule has 3 aliphatic heterocycles. The third-order valence-corrected chi connectivity index (χ3v) is 10.1. The van der Waals surface area contributed by atoms with Gasteiger partial charge in [-0.25, -0.2) is 21.6 Å². The Kier molecular flexibility index (Phi) is 7.56. The Morgan fingerprint density at radius 3 is 2.67 bits per heavy atom. The van der Waals surface area contributed by atoms with Gasteiger partial charge in [-0.1, -0.05) is 32.0 Å². The van der Waals surface area contributed by atoms with Crippen LogP contribution in [0, 0.1) is 11.8 Å². The minimum absolute atomic E-state index is 0.0116. The van der Waals surface area contributed by atoms with Crippen LogP contribution in [0.15, 0.2) is 18.2 Å². The zero-order valence-corrected chi connectivity index (χ0v) is 21.8. The van der Waals surface area contributed by atoms with Crippen LogP contribution in [-0.2, 0) is 32.9 Å². The number of hydrogen-bond acceptors (Lipinski definition) is 5. The van der Waals surface area contributed by atoms with Crippen molar-refractivity contribution in [3.05, 3.63) is 34.9 Å². The van der Waals surface area contributed by atoms with Crippen LogP contribution in [-0.4, -0.2) is 70.3 Å². The van der Waals surface area contributed by atoms with Crippen LogP contribution < -0.4 is 4.72 Å². The molecule has 3 aliphatic rings. The number of hydrogen-bond donors (Lipinski definition) is 1. The number of fused-ring (bicyclic) bond motifs is 4. The minimum Gasteiger partial charge on any atom is -0.296 e. The van der Waals surface area contributed by atoms with Gasteiger partial charge in [0.25, 0.3) is 0 Å². The fourth-order valence-corrected chi connectivity index (χ4v) is 8.38. The first kappa shape index (κ1) is 25.1. The van der Waals surface area contributed by atoms with E-state index in [1.54, 1.807) is 4.31 Å². The van der Waals surface area contributed by atoms with Crippen molar-refractivity contribution in [1.29, 1.82) is 0 Å². The van der Waals surface area contributed by atoms with E-state index in [4.69, 9.17) is 0 Å². The molecule has 2 saturated heterocycles. The largest absolute Gasteiger partial charge is 0.296 e. The molecule has 2 fully saturated rings. The summed E-state index contributed by atoms with van der Waals surface area (Å²) < 4.78 is 53.2. The fourth-order valence-electron chi connectivity index (χ4n) is 6.04. The molecule has 1 aromatic carbocycles. The maximum Gasteiger partial charge on any atom is 0.214 e. The van der Waals surface area contributed by atoms with Gasteiger partial charge >= 0.3 is 0 Å². The standard InChI is InChI=1S/C24H39N3O4S2/c1-18(2)14-19-7-8-22-20(15-19)9-12-26-17-21-6-4-11-27(23(21)16-24(22)26)33(30,31)13-5-10-25-32(3,28)29/h7-8,15,18,21,23-25H,4-6,9-14,16-17H2,1-3H3/t21-,23+,24+/m1/s1. The van der Waals surface area contributed by atoms with Crippen molar-refractivity contribution in [2.24, 2.45) is 11.8 Å². The number of piperidine rings is 2. The van der Waals surface area contributed by atoms with Crippen molar-refractivity contribution < 1.29 is 16.8 Å². The average Bonchev–Trinajstić information content (AvgIpc) is 2.73. The van der Waals surface area contributed by atoms with E-state index in [1.165, 1.54) is 16.7 Å². The van der Waals surface area contributed by atoms with Gasteiger partial charge in [0.05, 0.1) is 12.0 Å². The number of nitrogens with zero attached hydrogens (tertiary/aromatic N) is 2. The zero-order valence-electron chi connectivity index (χ0n) is 20.2. The maximum absolute atomic E-state index is 13.3. The minimum atomic E-state index is -3.43. The summed E-state index contributed by atoms with van der Waals surface area (Å²) in [5, 5.41) is 0. The molecule has 3 atom stereocenters. The van der Waals surface area contributed by atoms with Crippen LogP contribution in [0.2, 0.25) is 0 Å². The summed E-state index contributed by atoms with van der Waals surface area (Å²) in [6.45, 7) is 7.24. The molecule has 0 unspecified atom stereocenters. The van der Waals surface area contributed by atoms with Crippen molar-refractivity contribution in [2.75, 3.05) is 38.2 Å². The van der Waals surface area contributed by atoms with E-state index in [-0.39, 0.29) is 24.4 Å². The first-order valence-corrected chi connectivity index (χ1v) is 15.8. The molecule has 0 amide bonds. The fraction of sp³-hybridized carbons (Fsp3) is 0.750. The van der Waals surface area contributed by atoms with Gasteiger partial charge in [0.1, 0.15) is 0 Å². The zero-order chi connectivity index (χ0) is 23.8. The van der Waals surface area contributed by atoms with Gasteiger partial charge < -0.3 is 0 Å². The molecule has 7 nitrogen and oxygen atoms in total. The normalized spacial score (nSPS) is 26.6. The molecular weight excluding hydrogens is 458 g/mol. The highest BCUT2D eigenvalue weighted by Crippen LogP contribution is 2.43. The third kappa shape index (κ3) is 5.99.